The van der Waals surface area contributed by atoms with Crippen molar-refractivity contribution in [1.29, 1.82) is 0 Å². The molecule has 0 saturated heterocycles. The van der Waals surface area contributed by atoms with Gasteiger partial charge in [0.2, 0.25) is 0 Å². The predicted octanol–water partition coefficient (Wildman–Crippen LogP) is 4.21. The van der Waals surface area contributed by atoms with Crippen molar-refractivity contribution in [2.45, 2.75) is 54.1 Å². The van der Waals surface area contributed by atoms with Crippen molar-refractivity contribution in [2.24, 2.45) is 0 Å². The van der Waals surface area contributed by atoms with Crippen molar-refractivity contribution in [1.82, 2.24) is 0 Å². The van der Waals surface area contributed by atoms with Gasteiger partial charge in [0.05, 0.1) is 33.0 Å². The minimum absolute atomic E-state index is 0.671. The Morgan fingerprint density at radius 2 is 0.882 bits per heavy atom. The largest absolute Gasteiger partial charge is 0.544 e. The number of rotatable bonds is 11. The van der Waals surface area contributed by atoms with Crippen LogP contribution >= 0.6 is 0 Å². The molecule has 20 heteroatoms. The lowest BCUT2D eigenvalue weighted by Crippen LogP contribution is -2.74. The zero-order chi connectivity index (χ0) is 28.2. The maximum Gasteiger partial charge on any atom is 0.460 e. The summed E-state index contributed by atoms with van der Waals surface area (Å²) < 4.78 is 222. The molecule has 0 saturated carbocycles. The molecule has 0 aromatic rings. The normalized spacial score (nSPS) is 16.1. The summed E-state index contributed by atoms with van der Waals surface area (Å²) in [5.41, 5.74) is 0. The van der Waals surface area contributed by atoms with Gasteiger partial charge in [-0.25, -0.2) is 0 Å². The number of likely N-dealkylation sites (N-methyl/N-ethyl adjacent to an activating group) is 1. The number of alkyl halides is 17. The number of aliphatic carboxylic acids is 1. The lowest BCUT2D eigenvalue weighted by molar-refractivity contribution is -0.886. The number of quaternary nitrogens is 1. The first-order chi connectivity index (χ1) is 14.4. The topological polar surface area (TPSA) is 40.1 Å². The van der Waals surface area contributed by atoms with Crippen molar-refractivity contribution in [3.05, 3.63) is 0 Å². The Hall–Kier alpha value is -1.76. The number of hydrogen-bond donors (Lipinski definition) is 0. The Morgan fingerprint density at radius 1 is 0.588 bits per heavy atom. The minimum Gasteiger partial charge on any atom is -0.544 e. The molecule has 0 aliphatic rings. The van der Waals surface area contributed by atoms with E-state index in [1.54, 1.807) is 0 Å². The summed E-state index contributed by atoms with van der Waals surface area (Å²) in [7, 11) is 1.34. The van der Waals surface area contributed by atoms with Gasteiger partial charge in [0, 0.05) is 0 Å². The molecular formula is C14H12F17NO2. The summed E-state index contributed by atoms with van der Waals surface area (Å²) >= 11 is 0. The van der Waals surface area contributed by atoms with Gasteiger partial charge in [0.1, 0.15) is 6.54 Å². The quantitative estimate of drug-likeness (QED) is 0.287. The molecule has 0 spiro atoms. The number of hydrogen-bond acceptors (Lipinski definition) is 2. The van der Waals surface area contributed by atoms with Gasteiger partial charge >= 0.3 is 47.6 Å². The number of carboxylic acid groups (broad SMARTS) is 1. The van der Waals surface area contributed by atoms with Crippen LogP contribution in [0.1, 0.15) is 6.42 Å². The van der Waals surface area contributed by atoms with E-state index in [0.29, 0.717) is 14.1 Å². The van der Waals surface area contributed by atoms with E-state index in [-0.39, 0.29) is 0 Å². The fourth-order valence-corrected chi connectivity index (χ4v) is 2.22. The van der Waals surface area contributed by atoms with Crippen molar-refractivity contribution in [3.8, 4) is 0 Å². The Balaban J connectivity index is 6.47. The molecule has 3 nitrogen and oxygen atoms in total. The van der Waals surface area contributed by atoms with Crippen LogP contribution in [0.5, 0.6) is 0 Å². The van der Waals surface area contributed by atoms with E-state index >= 15 is 0 Å². The molecule has 0 N–H and O–H groups in total. The molecule has 0 radical (unpaired) electrons. The number of carbonyl (C=O) groups is 1. The lowest BCUT2D eigenvalue weighted by Gasteiger charge is -2.43. The highest BCUT2D eigenvalue weighted by atomic mass is 19.4. The van der Waals surface area contributed by atoms with Gasteiger partial charge in [-0.05, 0) is 0 Å². The van der Waals surface area contributed by atoms with E-state index < -0.39 is 77.6 Å². The molecule has 204 valence electrons. The van der Waals surface area contributed by atoms with E-state index in [1.807, 2.05) is 0 Å². The molecule has 0 aromatic carbocycles. The summed E-state index contributed by atoms with van der Waals surface area (Å²) in [6, 6.07) is 0. The van der Waals surface area contributed by atoms with Crippen LogP contribution in [0.4, 0.5) is 74.6 Å². The average Bonchev–Trinajstić information content (AvgIpc) is 2.57. The first kappa shape index (κ1) is 32.2. The molecule has 0 fully saturated rings. The summed E-state index contributed by atoms with van der Waals surface area (Å²) in [6.45, 7) is -2.87. The van der Waals surface area contributed by atoms with Crippen molar-refractivity contribution < 1.29 is 89.0 Å². The van der Waals surface area contributed by atoms with Gasteiger partial charge < -0.3 is 14.4 Å². The molecule has 0 bridgehead atoms. The standard InChI is InChI=1S/C14H12F17NO2/c1-32(2,5-6(33)34)4-3-7(15,16)8(17,18)9(19,20)10(21,22)11(23,24)12(25,26)13(27,28)14(29,30)31/h3-5H2,1-2H3. The van der Waals surface area contributed by atoms with Crippen LogP contribution in [-0.4, -0.2) is 85.3 Å². The van der Waals surface area contributed by atoms with E-state index in [2.05, 4.69) is 0 Å². The van der Waals surface area contributed by atoms with E-state index in [4.69, 9.17) is 0 Å². The highest BCUT2D eigenvalue weighted by Crippen LogP contribution is 2.64. The Morgan fingerprint density at radius 3 is 1.18 bits per heavy atom. The molecule has 0 aromatic heterocycles. The van der Waals surface area contributed by atoms with Gasteiger partial charge in [0.25, 0.3) is 0 Å². The molecule has 0 rings (SSSR count). The molecule has 0 aliphatic heterocycles. The zero-order valence-electron chi connectivity index (χ0n) is 16.3. The number of carboxylic acids is 1. The molecule has 0 atom stereocenters. The number of nitrogens with zero attached hydrogens (tertiary/aromatic N) is 1. The van der Waals surface area contributed by atoms with Gasteiger partial charge in [0.15, 0.2) is 0 Å². The highest BCUT2D eigenvalue weighted by Gasteiger charge is 2.95. The molecule has 0 amide bonds. The van der Waals surface area contributed by atoms with Crippen LogP contribution < -0.4 is 5.11 Å². The smallest absolute Gasteiger partial charge is 0.460 e. The SMILES string of the molecule is C[N+](C)(CCC(F)(F)C(F)(F)C(F)(F)C(F)(F)C(F)(F)C(F)(F)C(F)(F)C(F)(F)F)CC(=O)[O-]. The Bertz CT molecular complexity index is 756. The number of halogens is 17. The second-order valence-electron chi connectivity index (χ2n) is 7.59. The van der Waals surface area contributed by atoms with Gasteiger partial charge in [-0.15, -0.1) is 0 Å². The maximum absolute atomic E-state index is 13.7. The van der Waals surface area contributed by atoms with Gasteiger partial charge in [-0.3, -0.25) is 0 Å². The number of carbonyl (C=O) groups excluding carboxylic acids is 1. The monoisotopic (exact) mass is 549 g/mol. The Labute approximate surface area is 177 Å². The van der Waals surface area contributed by atoms with Crippen LogP contribution in [-0.2, 0) is 4.79 Å². The summed E-state index contributed by atoms with van der Waals surface area (Å²) in [4.78, 5) is 10.4. The highest BCUT2D eigenvalue weighted by molar-refractivity contribution is 5.65. The third kappa shape index (κ3) is 4.82. The molecule has 0 aliphatic carbocycles. The first-order valence-corrected chi connectivity index (χ1v) is 8.10. The fourth-order valence-electron chi connectivity index (χ4n) is 2.22. The van der Waals surface area contributed by atoms with Crippen LogP contribution in [0, 0.1) is 0 Å². The summed E-state index contributed by atoms with van der Waals surface area (Å²) in [6.07, 6.45) is -10.5. The summed E-state index contributed by atoms with van der Waals surface area (Å²) in [5, 5.41) is 10.4. The van der Waals surface area contributed by atoms with Crippen LogP contribution in [0.2, 0.25) is 0 Å². The van der Waals surface area contributed by atoms with Crippen molar-refractivity contribution >= 4 is 5.97 Å². The Kier molecular flexibility index (Phi) is 7.99. The molecule has 34 heavy (non-hydrogen) atoms. The third-order valence-electron chi connectivity index (χ3n) is 4.38. The van der Waals surface area contributed by atoms with Crippen molar-refractivity contribution in [2.75, 3.05) is 27.2 Å². The minimum atomic E-state index is -8.67. The van der Waals surface area contributed by atoms with E-state index in [9.17, 15) is 84.5 Å². The van der Waals surface area contributed by atoms with Gasteiger partial charge in [-0.1, -0.05) is 0 Å². The second-order valence-corrected chi connectivity index (χ2v) is 7.59. The van der Waals surface area contributed by atoms with E-state index in [1.165, 1.54) is 0 Å². The molecular weight excluding hydrogens is 537 g/mol. The summed E-state index contributed by atoms with van der Waals surface area (Å²) in [5.74, 6) is -58.7. The molecule has 0 unspecified atom stereocenters. The van der Waals surface area contributed by atoms with Crippen LogP contribution in [0.3, 0.4) is 0 Å². The third-order valence-corrected chi connectivity index (χ3v) is 4.38. The lowest BCUT2D eigenvalue weighted by atomic mass is 9.88. The van der Waals surface area contributed by atoms with Crippen LogP contribution in [0.25, 0.3) is 0 Å². The van der Waals surface area contributed by atoms with Crippen LogP contribution in [0.15, 0.2) is 0 Å². The fraction of sp³-hybridized carbons (Fsp3) is 0.929. The first-order valence-electron chi connectivity index (χ1n) is 8.10. The maximum atomic E-state index is 13.7. The van der Waals surface area contributed by atoms with Gasteiger partial charge in [-0.2, -0.15) is 74.6 Å². The van der Waals surface area contributed by atoms with E-state index in [0.717, 1.165) is 0 Å². The zero-order valence-corrected chi connectivity index (χ0v) is 16.3. The second kappa shape index (κ2) is 8.42. The average molecular weight is 549 g/mol. The predicted molar refractivity (Wildman–Crippen MR) is 72.2 cm³/mol. The van der Waals surface area contributed by atoms with Crippen molar-refractivity contribution in [3.63, 3.8) is 0 Å². The molecule has 0 heterocycles.